The molecule has 6 heteroatoms. The number of rotatable bonds is 4. The number of methoxy groups -OCH3 is 1. The van der Waals surface area contributed by atoms with Crippen molar-refractivity contribution in [2.45, 2.75) is 25.8 Å². The van der Waals surface area contributed by atoms with E-state index in [2.05, 4.69) is 22.4 Å². The van der Waals surface area contributed by atoms with E-state index in [9.17, 15) is 4.79 Å². The van der Waals surface area contributed by atoms with E-state index in [1.54, 1.807) is 24.1 Å². The molecule has 1 amide bonds. The molecule has 0 aliphatic heterocycles. The fourth-order valence-electron chi connectivity index (χ4n) is 3.39. The molecule has 4 rings (SSSR count). The third-order valence-electron chi connectivity index (χ3n) is 4.60. The third kappa shape index (κ3) is 2.96. The first-order valence-electron chi connectivity index (χ1n) is 8.24. The van der Waals surface area contributed by atoms with Gasteiger partial charge in [-0.15, -0.1) is 0 Å². The van der Waals surface area contributed by atoms with Gasteiger partial charge < -0.3 is 14.6 Å². The zero-order valence-corrected chi connectivity index (χ0v) is 14.6. The van der Waals surface area contributed by atoms with Crippen LogP contribution in [0.4, 0.5) is 5.69 Å². The van der Waals surface area contributed by atoms with Gasteiger partial charge in [0, 0.05) is 5.69 Å². The highest BCUT2D eigenvalue weighted by atomic mass is 35.5. The van der Waals surface area contributed by atoms with Gasteiger partial charge in [0.1, 0.15) is 17.3 Å². The molecule has 0 radical (unpaired) electrons. The van der Waals surface area contributed by atoms with Gasteiger partial charge in [-0.1, -0.05) is 17.7 Å². The number of aryl methyl sites for hydroxylation is 2. The summed E-state index contributed by atoms with van der Waals surface area (Å²) in [6.45, 7) is 0.139. The van der Waals surface area contributed by atoms with Gasteiger partial charge in [0.15, 0.2) is 0 Å². The molecular formula is C19H18ClN3O2. The molecule has 2 aromatic carbocycles. The first-order chi connectivity index (χ1) is 12.2. The van der Waals surface area contributed by atoms with E-state index >= 15 is 0 Å². The number of imidazole rings is 1. The number of hydrogen-bond acceptors (Lipinski definition) is 3. The van der Waals surface area contributed by atoms with Crippen molar-refractivity contribution in [2.24, 2.45) is 0 Å². The van der Waals surface area contributed by atoms with E-state index in [-0.39, 0.29) is 12.5 Å². The number of ether oxygens (including phenoxy) is 1. The van der Waals surface area contributed by atoms with Gasteiger partial charge in [-0.2, -0.15) is 0 Å². The van der Waals surface area contributed by atoms with Crippen molar-refractivity contribution in [2.75, 3.05) is 12.4 Å². The van der Waals surface area contributed by atoms with Gasteiger partial charge in [-0.05, 0) is 54.7 Å². The van der Waals surface area contributed by atoms with Gasteiger partial charge >= 0.3 is 0 Å². The minimum Gasteiger partial charge on any atom is -0.495 e. The van der Waals surface area contributed by atoms with Crippen LogP contribution in [-0.4, -0.2) is 22.6 Å². The fraction of sp³-hybridized carbons (Fsp3) is 0.263. The summed E-state index contributed by atoms with van der Waals surface area (Å²) in [5.41, 5.74) is 4.98. The molecular weight excluding hydrogens is 338 g/mol. The lowest BCUT2D eigenvalue weighted by molar-refractivity contribution is -0.116. The molecule has 1 aliphatic rings. The molecule has 1 N–H and O–H groups in total. The highest BCUT2D eigenvalue weighted by Crippen LogP contribution is 2.32. The lowest BCUT2D eigenvalue weighted by Gasteiger charge is -2.10. The Balaban J connectivity index is 1.56. The van der Waals surface area contributed by atoms with Crippen LogP contribution >= 0.6 is 11.6 Å². The number of anilines is 1. The number of fused-ring (bicyclic) bond motifs is 2. The number of nitrogens with zero attached hydrogens (tertiary/aromatic N) is 2. The highest BCUT2D eigenvalue weighted by Gasteiger charge is 2.15. The van der Waals surface area contributed by atoms with Crippen LogP contribution in [0.25, 0.3) is 11.0 Å². The molecule has 0 unspecified atom stereocenters. The number of carbonyl (C=O) groups is 1. The van der Waals surface area contributed by atoms with Crippen molar-refractivity contribution in [1.29, 1.82) is 0 Å². The molecule has 1 aromatic heterocycles. The predicted octanol–water partition coefficient (Wildman–Crippen LogP) is 3.83. The maximum Gasteiger partial charge on any atom is 0.244 e. The van der Waals surface area contributed by atoms with Gasteiger partial charge in [0.2, 0.25) is 5.91 Å². The number of carbonyl (C=O) groups excluding carboxylic acids is 1. The molecule has 0 saturated carbocycles. The van der Waals surface area contributed by atoms with Crippen LogP contribution in [0.3, 0.4) is 0 Å². The number of amides is 1. The zero-order chi connectivity index (χ0) is 17.4. The van der Waals surface area contributed by atoms with Crippen LogP contribution in [0, 0.1) is 0 Å². The van der Waals surface area contributed by atoms with Crippen molar-refractivity contribution in [1.82, 2.24) is 9.55 Å². The summed E-state index contributed by atoms with van der Waals surface area (Å²) in [5.74, 6) is 0.450. The molecule has 0 bridgehead atoms. The molecule has 128 valence electrons. The van der Waals surface area contributed by atoms with E-state index < -0.39 is 0 Å². The van der Waals surface area contributed by atoms with Crippen LogP contribution in [0.1, 0.15) is 17.5 Å². The van der Waals surface area contributed by atoms with Gasteiger partial charge in [-0.25, -0.2) is 4.98 Å². The highest BCUT2D eigenvalue weighted by molar-refractivity contribution is 6.36. The summed E-state index contributed by atoms with van der Waals surface area (Å²) >= 11 is 6.38. The second-order valence-corrected chi connectivity index (χ2v) is 6.59. The van der Waals surface area contributed by atoms with Crippen molar-refractivity contribution in [3.63, 3.8) is 0 Å². The lowest BCUT2D eigenvalue weighted by Crippen LogP contribution is -2.18. The van der Waals surface area contributed by atoms with Crippen molar-refractivity contribution < 1.29 is 9.53 Å². The third-order valence-corrected chi connectivity index (χ3v) is 4.96. The standard InChI is InChI=1S/C19H18ClN3O2/c1-25-16-8-7-15-19(18(16)20)23(11-21-15)10-17(24)22-14-6-5-12-3-2-4-13(12)9-14/h5-9,11H,2-4,10H2,1H3,(H,22,24). The summed E-state index contributed by atoms with van der Waals surface area (Å²) in [6, 6.07) is 9.74. The summed E-state index contributed by atoms with van der Waals surface area (Å²) in [4.78, 5) is 16.8. The van der Waals surface area contributed by atoms with Gasteiger partial charge in [0.05, 0.1) is 24.5 Å². The van der Waals surface area contributed by atoms with Crippen LogP contribution in [0.2, 0.25) is 5.02 Å². The summed E-state index contributed by atoms with van der Waals surface area (Å²) in [5, 5.41) is 3.42. The molecule has 0 atom stereocenters. The Morgan fingerprint density at radius 1 is 1.28 bits per heavy atom. The number of hydrogen-bond donors (Lipinski definition) is 1. The number of benzene rings is 2. The number of aromatic nitrogens is 2. The smallest absolute Gasteiger partial charge is 0.244 e. The normalized spacial score (nSPS) is 13.0. The second-order valence-electron chi connectivity index (χ2n) is 6.21. The van der Waals surface area contributed by atoms with E-state index in [0.29, 0.717) is 16.3 Å². The molecule has 0 spiro atoms. The Bertz CT molecular complexity index is 965. The minimum atomic E-state index is -0.115. The van der Waals surface area contributed by atoms with Crippen LogP contribution in [-0.2, 0) is 24.2 Å². The monoisotopic (exact) mass is 355 g/mol. The fourth-order valence-corrected chi connectivity index (χ4v) is 3.73. The minimum absolute atomic E-state index is 0.115. The average Bonchev–Trinajstić information content (AvgIpc) is 3.22. The van der Waals surface area contributed by atoms with Gasteiger partial charge in [0.25, 0.3) is 0 Å². The Labute approximate surface area is 150 Å². The van der Waals surface area contributed by atoms with Crippen molar-refractivity contribution in [3.8, 4) is 5.75 Å². The van der Waals surface area contributed by atoms with Crippen LogP contribution in [0.5, 0.6) is 5.75 Å². The number of nitrogens with one attached hydrogen (secondary N) is 1. The molecule has 3 aromatic rings. The van der Waals surface area contributed by atoms with Crippen molar-refractivity contribution in [3.05, 3.63) is 52.8 Å². The topological polar surface area (TPSA) is 56.2 Å². The number of halogens is 1. The quantitative estimate of drug-likeness (QED) is 0.774. The Kier molecular flexibility index (Phi) is 4.09. The van der Waals surface area contributed by atoms with E-state index in [1.165, 1.54) is 17.5 Å². The van der Waals surface area contributed by atoms with E-state index in [1.807, 2.05) is 12.1 Å². The molecule has 5 nitrogen and oxygen atoms in total. The Hall–Kier alpha value is -2.53. The Morgan fingerprint density at radius 2 is 2.12 bits per heavy atom. The molecule has 0 saturated heterocycles. The average molecular weight is 356 g/mol. The lowest BCUT2D eigenvalue weighted by atomic mass is 10.1. The maximum atomic E-state index is 12.5. The van der Waals surface area contributed by atoms with Crippen molar-refractivity contribution >= 4 is 34.2 Å². The van der Waals surface area contributed by atoms with E-state index in [4.69, 9.17) is 16.3 Å². The first-order valence-corrected chi connectivity index (χ1v) is 8.62. The largest absolute Gasteiger partial charge is 0.495 e. The van der Waals surface area contributed by atoms with Crippen LogP contribution < -0.4 is 10.1 Å². The maximum absolute atomic E-state index is 12.5. The molecule has 1 aliphatic carbocycles. The summed E-state index contributed by atoms with van der Waals surface area (Å²) < 4.78 is 6.99. The Morgan fingerprint density at radius 3 is 2.96 bits per heavy atom. The SMILES string of the molecule is COc1ccc2ncn(CC(=O)Nc3ccc4c(c3)CCC4)c2c1Cl. The first kappa shape index (κ1) is 16.0. The molecule has 1 heterocycles. The zero-order valence-electron chi connectivity index (χ0n) is 13.9. The van der Waals surface area contributed by atoms with E-state index in [0.717, 1.165) is 24.0 Å². The summed E-state index contributed by atoms with van der Waals surface area (Å²) in [7, 11) is 1.56. The van der Waals surface area contributed by atoms with Crippen LogP contribution in [0.15, 0.2) is 36.7 Å². The predicted molar refractivity (Wildman–Crippen MR) is 98.4 cm³/mol. The summed E-state index contributed by atoms with van der Waals surface area (Å²) in [6.07, 6.45) is 5.03. The molecule has 25 heavy (non-hydrogen) atoms. The van der Waals surface area contributed by atoms with Gasteiger partial charge in [-0.3, -0.25) is 4.79 Å². The second kappa shape index (κ2) is 6.41. The molecule has 0 fully saturated rings.